The molecular formula is C13H18N2O. The number of amides is 1. The largest absolute Gasteiger partial charge is 0.352 e. The highest BCUT2D eigenvalue weighted by atomic mass is 16.1. The van der Waals surface area contributed by atoms with E-state index in [4.69, 9.17) is 0 Å². The maximum Gasteiger partial charge on any atom is 0.219 e. The van der Waals surface area contributed by atoms with Gasteiger partial charge in [-0.15, -0.1) is 0 Å². The number of rotatable bonds is 3. The highest BCUT2D eigenvalue weighted by Crippen LogP contribution is 2.22. The summed E-state index contributed by atoms with van der Waals surface area (Å²) >= 11 is 0. The molecule has 0 spiro atoms. The summed E-state index contributed by atoms with van der Waals surface area (Å²) in [5.41, 5.74) is 4.00. The van der Waals surface area contributed by atoms with Crippen LogP contribution < -0.4 is 5.32 Å². The molecule has 0 aromatic heterocycles. The minimum Gasteiger partial charge on any atom is -0.352 e. The zero-order valence-corrected chi connectivity index (χ0v) is 9.92. The molecule has 0 aliphatic carbocycles. The lowest BCUT2D eigenvalue weighted by Gasteiger charge is -2.05. The number of carbonyl (C=O) groups excluding carboxylic acids is 1. The zero-order valence-electron chi connectivity index (χ0n) is 9.92. The van der Waals surface area contributed by atoms with E-state index in [9.17, 15) is 4.79 Å². The first kappa shape index (κ1) is 11.1. The molecule has 0 atom stereocenters. The maximum absolute atomic E-state index is 11.2. The Bertz CT molecular complexity index is 401. The van der Waals surface area contributed by atoms with Gasteiger partial charge in [0.1, 0.15) is 0 Å². The second-order valence-corrected chi connectivity index (χ2v) is 4.41. The van der Waals surface area contributed by atoms with Crippen molar-refractivity contribution in [3.05, 3.63) is 34.9 Å². The van der Waals surface area contributed by atoms with E-state index >= 15 is 0 Å². The van der Waals surface area contributed by atoms with Crippen LogP contribution in [0.4, 0.5) is 0 Å². The van der Waals surface area contributed by atoms with Gasteiger partial charge in [-0.1, -0.05) is 25.1 Å². The second-order valence-electron chi connectivity index (χ2n) is 4.41. The average molecular weight is 218 g/mol. The molecular weight excluding hydrogens is 200 g/mol. The molecule has 3 nitrogen and oxygen atoms in total. The van der Waals surface area contributed by atoms with Crippen LogP contribution in [0.3, 0.4) is 0 Å². The van der Waals surface area contributed by atoms with Crippen molar-refractivity contribution in [1.82, 2.24) is 10.2 Å². The third kappa shape index (κ3) is 2.42. The van der Waals surface area contributed by atoms with Crippen molar-refractivity contribution in [3.63, 3.8) is 0 Å². The molecule has 0 radical (unpaired) electrons. The molecule has 1 aliphatic heterocycles. The molecule has 1 amide bonds. The summed E-state index contributed by atoms with van der Waals surface area (Å²) in [6.45, 7) is 4.57. The van der Waals surface area contributed by atoms with E-state index < -0.39 is 0 Å². The Morgan fingerprint density at radius 3 is 2.88 bits per heavy atom. The van der Waals surface area contributed by atoms with Crippen LogP contribution in [-0.4, -0.2) is 17.9 Å². The van der Waals surface area contributed by atoms with E-state index in [2.05, 4.69) is 35.5 Å². The van der Waals surface area contributed by atoms with Gasteiger partial charge in [-0.2, -0.15) is 0 Å². The highest BCUT2D eigenvalue weighted by molar-refractivity contribution is 5.75. The van der Waals surface area contributed by atoms with Gasteiger partial charge in [0.15, 0.2) is 0 Å². The normalized spacial score (nSPS) is 14.9. The smallest absolute Gasteiger partial charge is 0.219 e. The molecule has 0 unspecified atom stereocenters. The lowest BCUT2D eigenvalue weighted by molar-refractivity contribution is -0.120. The van der Waals surface area contributed by atoms with Crippen molar-refractivity contribution in [2.75, 3.05) is 7.05 Å². The minimum absolute atomic E-state index is 0.109. The van der Waals surface area contributed by atoms with Gasteiger partial charge in [0.25, 0.3) is 0 Å². The van der Waals surface area contributed by atoms with Crippen molar-refractivity contribution in [1.29, 1.82) is 0 Å². The van der Waals surface area contributed by atoms with E-state index in [-0.39, 0.29) is 5.91 Å². The fourth-order valence-electron chi connectivity index (χ4n) is 2.05. The maximum atomic E-state index is 11.2. The van der Waals surface area contributed by atoms with Crippen molar-refractivity contribution in [3.8, 4) is 0 Å². The van der Waals surface area contributed by atoms with E-state index in [0.29, 0.717) is 13.0 Å². The van der Waals surface area contributed by atoms with Crippen molar-refractivity contribution in [2.24, 2.45) is 0 Å². The van der Waals surface area contributed by atoms with E-state index in [0.717, 1.165) is 13.1 Å². The number of benzene rings is 1. The fourth-order valence-corrected chi connectivity index (χ4v) is 2.05. The first-order valence-electron chi connectivity index (χ1n) is 5.75. The van der Waals surface area contributed by atoms with Gasteiger partial charge in [0.05, 0.1) is 0 Å². The van der Waals surface area contributed by atoms with E-state index in [1.807, 2.05) is 6.92 Å². The summed E-state index contributed by atoms with van der Waals surface area (Å²) in [6.07, 6.45) is 0.549. The Kier molecular flexibility index (Phi) is 3.25. The molecule has 0 fully saturated rings. The van der Waals surface area contributed by atoms with Gasteiger partial charge in [-0.05, 0) is 23.7 Å². The quantitative estimate of drug-likeness (QED) is 0.836. The van der Waals surface area contributed by atoms with Crippen LogP contribution in [0.25, 0.3) is 0 Å². The molecule has 2 rings (SSSR count). The minimum atomic E-state index is 0.109. The summed E-state index contributed by atoms with van der Waals surface area (Å²) in [7, 11) is 2.12. The predicted octanol–water partition coefficient (Wildman–Crippen LogP) is 1.66. The molecule has 16 heavy (non-hydrogen) atoms. The summed E-state index contributed by atoms with van der Waals surface area (Å²) in [5.74, 6) is 0.109. The SMILES string of the molecule is CCC(=O)NCc1ccc2c(c1)CN(C)C2. The Morgan fingerprint density at radius 2 is 2.12 bits per heavy atom. The van der Waals surface area contributed by atoms with Crippen LogP contribution in [0.1, 0.15) is 30.0 Å². The van der Waals surface area contributed by atoms with Crippen LogP contribution in [0.5, 0.6) is 0 Å². The Morgan fingerprint density at radius 1 is 1.38 bits per heavy atom. The lowest BCUT2D eigenvalue weighted by atomic mass is 10.1. The molecule has 1 N–H and O–H groups in total. The Labute approximate surface area is 96.5 Å². The number of hydrogen-bond acceptors (Lipinski definition) is 2. The molecule has 1 aromatic rings. The fraction of sp³-hybridized carbons (Fsp3) is 0.462. The zero-order chi connectivity index (χ0) is 11.5. The van der Waals surface area contributed by atoms with Crippen molar-refractivity contribution < 1.29 is 4.79 Å². The first-order valence-corrected chi connectivity index (χ1v) is 5.75. The third-order valence-electron chi connectivity index (χ3n) is 2.96. The average Bonchev–Trinajstić information content (AvgIpc) is 2.65. The molecule has 1 aliphatic rings. The van der Waals surface area contributed by atoms with Gasteiger partial charge in [0, 0.05) is 26.1 Å². The Balaban J connectivity index is 2.02. The van der Waals surface area contributed by atoms with Gasteiger partial charge in [-0.25, -0.2) is 0 Å². The number of fused-ring (bicyclic) bond motifs is 1. The standard InChI is InChI=1S/C13H18N2O/c1-3-13(16)14-7-10-4-5-11-8-15(2)9-12(11)6-10/h4-6H,3,7-9H2,1-2H3,(H,14,16). The van der Waals surface area contributed by atoms with Gasteiger partial charge >= 0.3 is 0 Å². The topological polar surface area (TPSA) is 32.3 Å². The van der Waals surface area contributed by atoms with Gasteiger partial charge in [0.2, 0.25) is 5.91 Å². The van der Waals surface area contributed by atoms with Crippen LogP contribution in [-0.2, 0) is 24.4 Å². The molecule has 0 saturated heterocycles. The molecule has 0 saturated carbocycles. The van der Waals surface area contributed by atoms with Crippen molar-refractivity contribution in [2.45, 2.75) is 33.0 Å². The predicted molar refractivity (Wildman–Crippen MR) is 63.8 cm³/mol. The van der Waals surface area contributed by atoms with Gasteiger partial charge < -0.3 is 5.32 Å². The number of hydrogen-bond donors (Lipinski definition) is 1. The van der Waals surface area contributed by atoms with Crippen molar-refractivity contribution >= 4 is 5.91 Å². The molecule has 86 valence electrons. The molecule has 3 heteroatoms. The summed E-state index contributed by atoms with van der Waals surface area (Å²) < 4.78 is 0. The number of nitrogens with one attached hydrogen (secondary N) is 1. The highest BCUT2D eigenvalue weighted by Gasteiger charge is 2.15. The molecule has 1 heterocycles. The van der Waals surface area contributed by atoms with Crippen LogP contribution in [0, 0.1) is 0 Å². The van der Waals surface area contributed by atoms with E-state index in [1.54, 1.807) is 0 Å². The molecule has 1 aromatic carbocycles. The third-order valence-corrected chi connectivity index (χ3v) is 2.96. The monoisotopic (exact) mass is 218 g/mol. The second kappa shape index (κ2) is 4.66. The number of carbonyl (C=O) groups is 1. The molecule has 0 bridgehead atoms. The Hall–Kier alpha value is -1.35. The summed E-state index contributed by atoms with van der Waals surface area (Å²) in [4.78, 5) is 13.4. The first-order chi connectivity index (χ1) is 7.69. The summed E-state index contributed by atoms with van der Waals surface area (Å²) in [6, 6.07) is 6.48. The lowest BCUT2D eigenvalue weighted by Crippen LogP contribution is -2.21. The van der Waals surface area contributed by atoms with Gasteiger partial charge in [-0.3, -0.25) is 9.69 Å². The van der Waals surface area contributed by atoms with E-state index in [1.165, 1.54) is 16.7 Å². The van der Waals surface area contributed by atoms with Crippen LogP contribution >= 0.6 is 0 Å². The number of nitrogens with zero attached hydrogens (tertiary/aromatic N) is 1. The van der Waals surface area contributed by atoms with Crippen LogP contribution in [0.15, 0.2) is 18.2 Å². The van der Waals surface area contributed by atoms with Crippen LogP contribution in [0.2, 0.25) is 0 Å². The summed E-state index contributed by atoms with van der Waals surface area (Å²) in [5, 5.41) is 2.90.